The first-order chi connectivity index (χ1) is 9.60. The summed E-state index contributed by atoms with van der Waals surface area (Å²) in [6.07, 6.45) is 0. The molecule has 2 N–H and O–H groups in total. The molecule has 0 aliphatic heterocycles. The first-order valence-corrected chi connectivity index (χ1v) is 6.76. The zero-order chi connectivity index (χ0) is 14.5. The number of rotatable bonds is 4. The Morgan fingerprint density at radius 3 is 1.70 bits per heavy atom. The summed E-state index contributed by atoms with van der Waals surface area (Å²) in [5.41, 5.74) is 6.94. The highest BCUT2D eigenvalue weighted by molar-refractivity contribution is 6.81. The zero-order valence-electron chi connectivity index (χ0n) is 10.6. The van der Waals surface area contributed by atoms with Crippen LogP contribution in [0.4, 0.5) is 0 Å². The fourth-order valence-corrected chi connectivity index (χ4v) is 2.04. The third kappa shape index (κ3) is 3.76. The lowest BCUT2D eigenvalue weighted by atomic mass is 9.55. The van der Waals surface area contributed by atoms with E-state index in [4.69, 9.17) is 33.6 Å². The Hall–Kier alpha value is -1.49. The molecule has 0 radical (unpaired) electrons. The molecule has 0 heterocycles. The van der Waals surface area contributed by atoms with E-state index >= 15 is 0 Å². The molecule has 2 aromatic carbocycles. The molecule has 3 nitrogen and oxygen atoms in total. The number of halogens is 2. The number of carbonyl (C=O) groups is 1. The number of benzene rings is 2. The zero-order valence-corrected chi connectivity index (χ0v) is 12.1. The predicted octanol–water partition coefficient (Wildman–Crippen LogP) is 1.60. The third-order valence-corrected chi connectivity index (χ3v) is 3.27. The molecule has 0 aliphatic carbocycles. The van der Waals surface area contributed by atoms with E-state index in [1.54, 1.807) is 24.3 Å². The van der Waals surface area contributed by atoms with Gasteiger partial charge < -0.3 is 10.4 Å². The van der Waals surface area contributed by atoms with Crippen LogP contribution in [0.2, 0.25) is 10.0 Å². The number of hydrogen-bond acceptors (Lipinski definition) is 3. The fraction of sp³-hybridized carbons (Fsp3) is 0.0714. The minimum atomic E-state index is -0.527. The van der Waals surface area contributed by atoms with Crippen molar-refractivity contribution in [2.24, 2.45) is 5.73 Å². The quantitative estimate of drug-likeness (QED) is 0.873. The maximum absolute atomic E-state index is 11.5. The standard InChI is InChI=1S/C14H12BCl2NO2/c16-12-5-1-10(2-6-12)15(20-14(19)9-18)11-3-7-13(17)8-4-11/h1-8H,9,18H2. The molecule has 0 atom stereocenters. The number of nitrogens with two attached hydrogens (primary N) is 1. The molecule has 0 unspecified atom stereocenters. The Kier molecular flexibility index (Phi) is 5.07. The second-order valence-electron chi connectivity index (χ2n) is 4.18. The van der Waals surface area contributed by atoms with Gasteiger partial charge in [0.15, 0.2) is 0 Å². The largest absolute Gasteiger partial charge is 0.525 e. The van der Waals surface area contributed by atoms with Gasteiger partial charge in [0.05, 0.1) is 6.54 Å². The Bertz CT molecular complexity index is 542. The molecule has 0 saturated carbocycles. The van der Waals surface area contributed by atoms with Crippen molar-refractivity contribution < 1.29 is 9.45 Å². The van der Waals surface area contributed by atoms with Gasteiger partial charge in [-0.1, -0.05) is 47.5 Å². The van der Waals surface area contributed by atoms with Crippen molar-refractivity contribution >= 4 is 47.0 Å². The molecule has 0 spiro atoms. The summed E-state index contributed by atoms with van der Waals surface area (Å²) < 4.78 is 5.40. The van der Waals surface area contributed by atoms with Gasteiger partial charge in [0.25, 0.3) is 0 Å². The molecule has 0 aromatic heterocycles. The van der Waals surface area contributed by atoms with E-state index in [2.05, 4.69) is 0 Å². The average Bonchev–Trinajstić information content (AvgIpc) is 2.46. The summed E-state index contributed by atoms with van der Waals surface area (Å²) in [7, 11) is 0. The smallest absolute Gasteiger partial charge is 0.429 e. The lowest BCUT2D eigenvalue weighted by Crippen LogP contribution is -2.47. The van der Waals surface area contributed by atoms with E-state index in [1.165, 1.54) is 0 Å². The number of hydrogen-bond donors (Lipinski definition) is 1. The van der Waals surface area contributed by atoms with Crippen molar-refractivity contribution in [3.63, 3.8) is 0 Å². The normalized spacial score (nSPS) is 10.2. The molecule has 0 aliphatic rings. The van der Waals surface area contributed by atoms with E-state index in [-0.39, 0.29) is 6.54 Å². The molecular weight excluding hydrogens is 296 g/mol. The number of carbonyl (C=O) groups excluding carboxylic acids is 1. The van der Waals surface area contributed by atoms with E-state index in [0.29, 0.717) is 10.0 Å². The molecule has 0 fully saturated rings. The lowest BCUT2D eigenvalue weighted by molar-refractivity contribution is -0.132. The van der Waals surface area contributed by atoms with Crippen molar-refractivity contribution in [1.82, 2.24) is 0 Å². The maximum Gasteiger partial charge on any atom is 0.429 e. The van der Waals surface area contributed by atoms with Crippen LogP contribution in [0.15, 0.2) is 48.5 Å². The average molecular weight is 308 g/mol. The second-order valence-corrected chi connectivity index (χ2v) is 5.05. The van der Waals surface area contributed by atoms with E-state index < -0.39 is 12.9 Å². The molecule has 2 rings (SSSR count). The van der Waals surface area contributed by atoms with Crippen LogP contribution in [0.25, 0.3) is 0 Å². The highest BCUT2D eigenvalue weighted by atomic mass is 35.5. The molecule has 0 saturated heterocycles. The summed E-state index contributed by atoms with van der Waals surface area (Å²) in [6, 6.07) is 14.2. The monoisotopic (exact) mass is 307 g/mol. The maximum atomic E-state index is 11.5. The van der Waals surface area contributed by atoms with Crippen molar-refractivity contribution in [2.75, 3.05) is 6.54 Å². The van der Waals surface area contributed by atoms with Crippen molar-refractivity contribution in [3.05, 3.63) is 58.6 Å². The Morgan fingerprint density at radius 2 is 1.35 bits per heavy atom. The molecule has 0 amide bonds. The highest BCUT2D eigenvalue weighted by Gasteiger charge is 2.25. The first kappa shape index (κ1) is 14.9. The molecule has 20 heavy (non-hydrogen) atoms. The van der Waals surface area contributed by atoms with E-state index in [9.17, 15) is 4.79 Å². The molecule has 2 aromatic rings. The van der Waals surface area contributed by atoms with Crippen LogP contribution in [0.1, 0.15) is 0 Å². The summed E-state index contributed by atoms with van der Waals surface area (Å²) >= 11 is 11.7. The Morgan fingerprint density at radius 1 is 0.950 bits per heavy atom. The van der Waals surface area contributed by atoms with E-state index in [1.807, 2.05) is 24.3 Å². The summed E-state index contributed by atoms with van der Waals surface area (Å²) in [4.78, 5) is 11.5. The van der Waals surface area contributed by atoms with Gasteiger partial charge in [-0.3, -0.25) is 4.79 Å². The van der Waals surface area contributed by atoms with Crippen molar-refractivity contribution in [1.29, 1.82) is 0 Å². The van der Waals surface area contributed by atoms with Gasteiger partial charge in [0.1, 0.15) is 0 Å². The topological polar surface area (TPSA) is 52.3 Å². The summed E-state index contributed by atoms with van der Waals surface area (Å²) in [5.74, 6) is -0.472. The van der Waals surface area contributed by atoms with Gasteiger partial charge >= 0.3 is 12.9 Å². The highest BCUT2D eigenvalue weighted by Crippen LogP contribution is 2.07. The van der Waals surface area contributed by atoms with Gasteiger partial charge in [-0.25, -0.2) is 0 Å². The molecule has 102 valence electrons. The molecule has 6 heteroatoms. The lowest BCUT2D eigenvalue weighted by Gasteiger charge is -2.15. The van der Waals surface area contributed by atoms with Crippen LogP contribution >= 0.6 is 23.2 Å². The van der Waals surface area contributed by atoms with Gasteiger partial charge in [-0.05, 0) is 35.2 Å². The second kappa shape index (κ2) is 6.79. The van der Waals surface area contributed by atoms with Crippen LogP contribution in [-0.4, -0.2) is 19.4 Å². The van der Waals surface area contributed by atoms with Gasteiger partial charge in [0, 0.05) is 10.0 Å². The van der Waals surface area contributed by atoms with Crippen molar-refractivity contribution in [2.45, 2.75) is 0 Å². The SMILES string of the molecule is NCC(=O)OB(c1ccc(Cl)cc1)c1ccc(Cl)cc1. The van der Waals surface area contributed by atoms with Crippen LogP contribution in [0.3, 0.4) is 0 Å². The van der Waals surface area contributed by atoms with Gasteiger partial charge in [-0.2, -0.15) is 0 Å². The van der Waals surface area contributed by atoms with Crippen LogP contribution < -0.4 is 16.7 Å². The van der Waals surface area contributed by atoms with Crippen LogP contribution in [-0.2, 0) is 9.45 Å². The Labute approximate surface area is 127 Å². The first-order valence-electron chi connectivity index (χ1n) is 6.00. The van der Waals surface area contributed by atoms with Crippen LogP contribution in [0, 0.1) is 0 Å². The fourth-order valence-electron chi connectivity index (χ4n) is 1.78. The van der Waals surface area contributed by atoms with E-state index in [0.717, 1.165) is 10.9 Å². The molecule has 0 bridgehead atoms. The summed E-state index contributed by atoms with van der Waals surface area (Å²) in [6.45, 7) is -0.696. The Balaban J connectivity index is 2.35. The summed E-state index contributed by atoms with van der Waals surface area (Å²) in [5, 5.41) is 1.24. The minimum Gasteiger partial charge on any atom is -0.525 e. The van der Waals surface area contributed by atoms with Gasteiger partial charge in [-0.15, -0.1) is 0 Å². The molecular formula is C14H12BCl2NO2. The van der Waals surface area contributed by atoms with Gasteiger partial charge in [0.2, 0.25) is 0 Å². The van der Waals surface area contributed by atoms with Crippen molar-refractivity contribution in [3.8, 4) is 0 Å². The predicted molar refractivity (Wildman–Crippen MR) is 83.1 cm³/mol. The van der Waals surface area contributed by atoms with Crippen LogP contribution in [0.5, 0.6) is 0 Å². The minimum absolute atomic E-state index is 0.169. The third-order valence-electron chi connectivity index (χ3n) is 2.76.